The van der Waals surface area contributed by atoms with E-state index in [1.807, 2.05) is 13.0 Å². The molecule has 0 aromatic carbocycles. The van der Waals surface area contributed by atoms with Gasteiger partial charge in [-0.05, 0) is 18.8 Å². The van der Waals surface area contributed by atoms with Crippen LogP contribution in [-0.2, 0) is 9.53 Å². The highest BCUT2D eigenvalue weighted by atomic mass is 16.5. The molecular weight excluding hydrogens is 274 g/mol. The Kier molecular flexibility index (Phi) is 10.9. The van der Waals surface area contributed by atoms with Crippen molar-refractivity contribution in [1.29, 1.82) is 5.26 Å². The summed E-state index contributed by atoms with van der Waals surface area (Å²) >= 11 is 0. The zero-order valence-corrected chi connectivity index (χ0v) is 12.8. The van der Waals surface area contributed by atoms with E-state index in [9.17, 15) is 9.59 Å². The van der Waals surface area contributed by atoms with Crippen LogP contribution in [0.2, 0.25) is 0 Å². The molecule has 0 fully saturated rings. The second-order valence-electron chi connectivity index (χ2n) is 4.95. The summed E-state index contributed by atoms with van der Waals surface area (Å²) in [5.74, 6) is -0.555. The number of hydrogen-bond acceptors (Lipinski definition) is 4. The molecule has 0 aliphatic rings. The summed E-state index contributed by atoms with van der Waals surface area (Å²) in [6.45, 7) is 3.70. The molecule has 2 amide bonds. The lowest BCUT2D eigenvalue weighted by molar-refractivity contribution is -0.137. The molecule has 0 aromatic heterocycles. The van der Waals surface area contributed by atoms with Gasteiger partial charge in [-0.1, -0.05) is 6.92 Å². The summed E-state index contributed by atoms with van der Waals surface area (Å²) in [6.07, 6.45) is 1.77. The summed E-state index contributed by atoms with van der Waals surface area (Å²) in [5.41, 5.74) is 0. The van der Waals surface area contributed by atoms with Crippen LogP contribution in [0, 0.1) is 17.2 Å². The van der Waals surface area contributed by atoms with Crippen molar-refractivity contribution in [3.05, 3.63) is 0 Å². The number of carboxylic acid groups (broad SMARTS) is 1. The molecule has 2 N–H and O–H groups in total. The van der Waals surface area contributed by atoms with Crippen LogP contribution in [-0.4, -0.2) is 55.4 Å². The van der Waals surface area contributed by atoms with Crippen molar-refractivity contribution in [2.45, 2.75) is 32.6 Å². The van der Waals surface area contributed by atoms with Crippen molar-refractivity contribution in [3.63, 3.8) is 0 Å². The highest BCUT2D eigenvalue weighted by molar-refractivity contribution is 5.74. The van der Waals surface area contributed by atoms with Gasteiger partial charge in [0.05, 0.1) is 19.1 Å². The molecule has 0 heterocycles. The molecule has 0 spiro atoms. The van der Waals surface area contributed by atoms with Gasteiger partial charge in [0.25, 0.3) is 0 Å². The monoisotopic (exact) mass is 299 g/mol. The first-order valence-electron chi connectivity index (χ1n) is 7.11. The fourth-order valence-corrected chi connectivity index (χ4v) is 1.75. The Bertz CT molecular complexity index is 355. The molecule has 7 nitrogen and oxygen atoms in total. The molecule has 1 unspecified atom stereocenters. The average molecular weight is 299 g/mol. The molecular formula is C14H25N3O4. The number of carbonyl (C=O) groups excluding carboxylic acids is 1. The van der Waals surface area contributed by atoms with Crippen LogP contribution >= 0.6 is 0 Å². The molecule has 0 aromatic rings. The van der Waals surface area contributed by atoms with Gasteiger partial charge in [-0.2, -0.15) is 5.26 Å². The van der Waals surface area contributed by atoms with E-state index in [2.05, 4.69) is 5.32 Å². The normalized spacial score (nSPS) is 11.5. The topological polar surface area (TPSA) is 103 Å². The Morgan fingerprint density at radius 1 is 1.38 bits per heavy atom. The Labute approximate surface area is 125 Å². The van der Waals surface area contributed by atoms with Gasteiger partial charge < -0.3 is 20.1 Å². The molecule has 1 atom stereocenters. The number of amides is 2. The largest absolute Gasteiger partial charge is 0.481 e. The van der Waals surface area contributed by atoms with Crippen molar-refractivity contribution >= 4 is 12.0 Å². The Morgan fingerprint density at radius 2 is 2.10 bits per heavy atom. The van der Waals surface area contributed by atoms with Crippen LogP contribution in [0.15, 0.2) is 0 Å². The number of rotatable bonds is 11. The fourth-order valence-electron chi connectivity index (χ4n) is 1.75. The van der Waals surface area contributed by atoms with Gasteiger partial charge in [0, 0.05) is 33.2 Å². The molecule has 0 radical (unpaired) electrons. The number of hydrogen-bond donors (Lipinski definition) is 2. The van der Waals surface area contributed by atoms with Crippen molar-refractivity contribution in [2.24, 2.45) is 5.92 Å². The summed E-state index contributed by atoms with van der Waals surface area (Å²) in [4.78, 5) is 24.0. The predicted molar refractivity (Wildman–Crippen MR) is 77.7 cm³/mol. The minimum atomic E-state index is -0.798. The number of ether oxygens (including phenoxy) is 1. The number of carbonyl (C=O) groups is 2. The minimum Gasteiger partial charge on any atom is -0.481 e. The van der Waals surface area contributed by atoms with Crippen LogP contribution in [0.5, 0.6) is 0 Å². The van der Waals surface area contributed by atoms with Gasteiger partial charge >= 0.3 is 12.0 Å². The van der Waals surface area contributed by atoms with Gasteiger partial charge in [-0.25, -0.2) is 4.79 Å². The Hall–Kier alpha value is -1.81. The van der Waals surface area contributed by atoms with E-state index in [1.54, 1.807) is 12.0 Å². The van der Waals surface area contributed by atoms with E-state index in [0.29, 0.717) is 32.7 Å². The summed E-state index contributed by atoms with van der Waals surface area (Å²) < 4.78 is 4.94. The van der Waals surface area contributed by atoms with Crippen LogP contribution in [0.25, 0.3) is 0 Å². The molecule has 0 rings (SSSR count). The lowest BCUT2D eigenvalue weighted by Gasteiger charge is -2.22. The van der Waals surface area contributed by atoms with Gasteiger partial charge in [0.2, 0.25) is 0 Å². The summed E-state index contributed by atoms with van der Waals surface area (Å²) in [5, 5.41) is 20.0. The number of methoxy groups -OCH3 is 1. The molecule has 0 bridgehead atoms. The van der Waals surface area contributed by atoms with E-state index in [0.717, 1.165) is 6.42 Å². The van der Waals surface area contributed by atoms with E-state index in [1.165, 1.54) is 0 Å². The van der Waals surface area contributed by atoms with Gasteiger partial charge in [-0.15, -0.1) is 0 Å². The van der Waals surface area contributed by atoms with E-state index in [4.69, 9.17) is 15.1 Å². The number of carboxylic acids is 1. The van der Waals surface area contributed by atoms with Gasteiger partial charge in [0.15, 0.2) is 0 Å². The number of nitrogens with one attached hydrogen (secondary N) is 1. The second kappa shape index (κ2) is 12.0. The van der Waals surface area contributed by atoms with Crippen LogP contribution in [0.1, 0.15) is 32.6 Å². The van der Waals surface area contributed by atoms with Gasteiger partial charge in [-0.3, -0.25) is 4.79 Å². The maximum atomic E-state index is 12.0. The zero-order chi connectivity index (χ0) is 16.1. The first-order chi connectivity index (χ1) is 10.0. The fraction of sp³-hybridized carbons (Fsp3) is 0.786. The Balaban J connectivity index is 4.00. The summed E-state index contributed by atoms with van der Waals surface area (Å²) in [6, 6.07) is 1.80. The average Bonchev–Trinajstić information content (AvgIpc) is 2.45. The third kappa shape index (κ3) is 10.6. The highest BCUT2D eigenvalue weighted by Crippen LogP contribution is 2.09. The summed E-state index contributed by atoms with van der Waals surface area (Å²) in [7, 11) is 1.56. The van der Waals surface area contributed by atoms with Crippen molar-refractivity contribution < 1.29 is 19.4 Å². The molecule has 0 aliphatic carbocycles. The van der Waals surface area contributed by atoms with Crippen molar-refractivity contribution in [2.75, 3.05) is 33.4 Å². The minimum absolute atomic E-state index is 0.150. The lowest BCUT2D eigenvalue weighted by atomic mass is 10.0. The zero-order valence-electron chi connectivity index (χ0n) is 12.8. The molecule has 7 heteroatoms. The standard InChI is InChI=1S/C14H25N3O4/c1-12(4-5-13(18)19)6-8-16-14(20)17(9-3-7-15)10-11-21-2/h12H,3-6,8-11H2,1-2H3,(H,16,20)(H,18,19). The quantitative estimate of drug-likeness (QED) is 0.601. The maximum absolute atomic E-state index is 12.0. The van der Waals surface area contributed by atoms with E-state index in [-0.39, 0.29) is 24.8 Å². The van der Waals surface area contributed by atoms with Crippen molar-refractivity contribution in [3.8, 4) is 6.07 Å². The molecule has 0 saturated carbocycles. The van der Waals surface area contributed by atoms with Gasteiger partial charge in [0.1, 0.15) is 0 Å². The SMILES string of the molecule is COCCN(CCC#N)C(=O)NCCC(C)CCC(=O)O. The third-order valence-corrected chi connectivity index (χ3v) is 3.11. The number of urea groups is 1. The first-order valence-corrected chi connectivity index (χ1v) is 7.11. The highest BCUT2D eigenvalue weighted by Gasteiger charge is 2.13. The maximum Gasteiger partial charge on any atom is 0.317 e. The molecule has 0 aliphatic heterocycles. The van der Waals surface area contributed by atoms with Crippen molar-refractivity contribution in [1.82, 2.24) is 10.2 Å². The molecule has 120 valence electrons. The number of nitrogens with zero attached hydrogens (tertiary/aromatic N) is 2. The molecule has 21 heavy (non-hydrogen) atoms. The van der Waals surface area contributed by atoms with Crippen LogP contribution in [0.3, 0.4) is 0 Å². The number of aliphatic carboxylic acids is 1. The second-order valence-corrected chi connectivity index (χ2v) is 4.95. The number of nitriles is 1. The molecule has 0 saturated heterocycles. The smallest absolute Gasteiger partial charge is 0.317 e. The van der Waals surface area contributed by atoms with Crippen LogP contribution in [0.4, 0.5) is 4.79 Å². The van der Waals surface area contributed by atoms with E-state index >= 15 is 0 Å². The lowest BCUT2D eigenvalue weighted by Crippen LogP contribution is -2.42. The predicted octanol–water partition coefficient (Wildman–Crippen LogP) is 1.45. The third-order valence-electron chi connectivity index (χ3n) is 3.11. The first kappa shape index (κ1) is 19.2. The van der Waals surface area contributed by atoms with E-state index < -0.39 is 5.97 Å². The Morgan fingerprint density at radius 3 is 2.67 bits per heavy atom. The van der Waals surface area contributed by atoms with Crippen LogP contribution < -0.4 is 5.32 Å².